The third-order valence-corrected chi connectivity index (χ3v) is 4.77. The van der Waals surface area contributed by atoms with Crippen LogP contribution >= 0.6 is 11.3 Å². The fourth-order valence-electron chi connectivity index (χ4n) is 2.38. The van der Waals surface area contributed by atoms with Crippen LogP contribution in [0.4, 0.5) is 0 Å². The van der Waals surface area contributed by atoms with Crippen LogP contribution in [0.25, 0.3) is 0 Å². The molecule has 2 nitrogen and oxygen atoms in total. The monoisotopic (exact) mass is 288 g/mol. The van der Waals surface area contributed by atoms with E-state index in [4.69, 9.17) is 5.73 Å². The molecule has 1 unspecified atom stereocenters. The highest BCUT2D eigenvalue weighted by Gasteiger charge is 2.17. The fraction of sp³-hybridized carbons (Fsp3) is 0.412. The van der Waals surface area contributed by atoms with Gasteiger partial charge in [-0.15, -0.1) is 11.3 Å². The summed E-state index contributed by atoms with van der Waals surface area (Å²) in [6.07, 6.45) is 1.04. The van der Waals surface area contributed by atoms with E-state index in [2.05, 4.69) is 61.2 Å². The number of rotatable bonds is 7. The molecule has 1 atom stereocenters. The van der Waals surface area contributed by atoms with Gasteiger partial charge in [0.05, 0.1) is 0 Å². The van der Waals surface area contributed by atoms with E-state index in [1.807, 2.05) is 11.3 Å². The summed E-state index contributed by atoms with van der Waals surface area (Å²) in [4.78, 5) is 5.34. The standard InChI is InChI=1S/C17H24N2S/c1-14-9-10-17(20-14)15(2)19(12-6-11-18)13-16-7-4-3-5-8-16/h3-5,7-10,15H,6,11-13,18H2,1-2H3. The van der Waals surface area contributed by atoms with Crippen molar-refractivity contribution < 1.29 is 0 Å². The van der Waals surface area contributed by atoms with E-state index in [9.17, 15) is 0 Å². The number of benzene rings is 1. The zero-order valence-electron chi connectivity index (χ0n) is 12.4. The van der Waals surface area contributed by atoms with E-state index < -0.39 is 0 Å². The Bertz CT molecular complexity index is 507. The summed E-state index contributed by atoms with van der Waals surface area (Å²) in [7, 11) is 0. The Balaban J connectivity index is 2.10. The molecule has 1 aromatic heterocycles. The maximum Gasteiger partial charge on any atom is 0.0416 e. The predicted octanol–water partition coefficient (Wildman–Crippen LogP) is 3.97. The second kappa shape index (κ2) is 7.58. The Morgan fingerprint density at radius 2 is 1.90 bits per heavy atom. The van der Waals surface area contributed by atoms with Crippen molar-refractivity contribution in [2.75, 3.05) is 13.1 Å². The van der Waals surface area contributed by atoms with Crippen molar-refractivity contribution in [3.05, 3.63) is 57.8 Å². The Kier molecular flexibility index (Phi) is 5.77. The third-order valence-electron chi connectivity index (χ3n) is 3.60. The summed E-state index contributed by atoms with van der Waals surface area (Å²) < 4.78 is 0. The van der Waals surface area contributed by atoms with Gasteiger partial charge in [0.1, 0.15) is 0 Å². The minimum atomic E-state index is 0.445. The summed E-state index contributed by atoms with van der Waals surface area (Å²) in [6, 6.07) is 15.6. The fourth-order valence-corrected chi connectivity index (χ4v) is 3.34. The Labute approximate surface area is 126 Å². The van der Waals surface area contributed by atoms with Crippen LogP contribution in [-0.4, -0.2) is 18.0 Å². The molecule has 2 N–H and O–H groups in total. The number of hydrogen-bond acceptors (Lipinski definition) is 3. The first-order valence-corrected chi connectivity index (χ1v) is 8.06. The third kappa shape index (κ3) is 4.17. The van der Waals surface area contributed by atoms with Crippen LogP contribution in [0, 0.1) is 6.92 Å². The Hall–Kier alpha value is -1.16. The largest absolute Gasteiger partial charge is 0.330 e. The smallest absolute Gasteiger partial charge is 0.0416 e. The molecule has 0 aliphatic carbocycles. The van der Waals surface area contributed by atoms with Crippen molar-refractivity contribution in [1.29, 1.82) is 0 Å². The van der Waals surface area contributed by atoms with E-state index in [-0.39, 0.29) is 0 Å². The molecule has 3 heteroatoms. The molecule has 20 heavy (non-hydrogen) atoms. The first-order valence-electron chi connectivity index (χ1n) is 7.25. The number of aryl methyl sites for hydroxylation is 1. The van der Waals surface area contributed by atoms with Crippen LogP contribution in [0.3, 0.4) is 0 Å². The van der Waals surface area contributed by atoms with Crippen molar-refractivity contribution in [3.63, 3.8) is 0 Å². The molecule has 0 saturated heterocycles. The van der Waals surface area contributed by atoms with Crippen LogP contribution in [0.2, 0.25) is 0 Å². The van der Waals surface area contributed by atoms with Crippen molar-refractivity contribution in [1.82, 2.24) is 4.90 Å². The van der Waals surface area contributed by atoms with Gasteiger partial charge in [0.2, 0.25) is 0 Å². The lowest BCUT2D eigenvalue weighted by Gasteiger charge is -2.28. The zero-order valence-corrected chi connectivity index (χ0v) is 13.2. The molecule has 0 aliphatic heterocycles. The maximum absolute atomic E-state index is 5.69. The molecule has 0 aliphatic rings. The van der Waals surface area contributed by atoms with E-state index in [0.717, 1.165) is 26.1 Å². The van der Waals surface area contributed by atoms with Crippen LogP contribution in [0.1, 0.15) is 34.7 Å². The van der Waals surface area contributed by atoms with Gasteiger partial charge in [-0.2, -0.15) is 0 Å². The van der Waals surface area contributed by atoms with Crippen LogP contribution in [0.15, 0.2) is 42.5 Å². The highest BCUT2D eigenvalue weighted by atomic mass is 32.1. The van der Waals surface area contributed by atoms with Gasteiger partial charge in [0.25, 0.3) is 0 Å². The predicted molar refractivity (Wildman–Crippen MR) is 88.0 cm³/mol. The summed E-state index contributed by atoms with van der Waals surface area (Å²) in [5.41, 5.74) is 7.05. The minimum Gasteiger partial charge on any atom is -0.330 e. The van der Waals surface area contributed by atoms with E-state index in [1.165, 1.54) is 15.3 Å². The van der Waals surface area contributed by atoms with Gasteiger partial charge >= 0.3 is 0 Å². The topological polar surface area (TPSA) is 29.3 Å². The van der Waals surface area contributed by atoms with Crippen LogP contribution < -0.4 is 5.73 Å². The molecule has 0 bridgehead atoms. The van der Waals surface area contributed by atoms with Gasteiger partial charge < -0.3 is 5.73 Å². The van der Waals surface area contributed by atoms with Crippen molar-refractivity contribution in [3.8, 4) is 0 Å². The molecule has 0 fully saturated rings. The van der Waals surface area contributed by atoms with E-state index in [1.54, 1.807) is 0 Å². The Morgan fingerprint density at radius 3 is 2.50 bits per heavy atom. The van der Waals surface area contributed by atoms with Gasteiger partial charge in [0.15, 0.2) is 0 Å². The minimum absolute atomic E-state index is 0.445. The van der Waals surface area contributed by atoms with Gasteiger partial charge in [0, 0.05) is 28.9 Å². The molecule has 0 spiro atoms. The first-order chi connectivity index (χ1) is 9.70. The molecule has 2 rings (SSSR count). The van der Waals surface area contributed by atoms with E-state index >= 15 is 0 Å². The Morgan fingerprint density at radius 1 is 1.15 bits per heavy atom. The molecule has 0 saturated carbocycles. The molecular weight excluding hydrogens is 264 g/mol. The molecule has 1 heterocycles. The number of nitrogens with zero attached hydrogens (tertiary/aromatic N) is 1. The zero-order chi connectivity index (χ0) is 14.4. The second-order valence-electron chi connectivity index (χ2n) is 5.22. The van der Waals surface area contributed by atoms with Crippen molar-refractivity contribution in [2.24, 2.45) is 5.73 Å². The molecule has 1 aromatic carbocycles. The SMILES string of the molecule is Cc1ccc(C(C)N(CCCN)Cc2ccccc2)s1. The lowest BCUT2D eigenvalue weighted by molar-refractivity contribution is 0.203. The van der Waals surface area contributed by atoms with Crippen LogP contribution in [0.5, 0.6) is 0 Å². The highest BCUT2D eigenvalue weighted by Crippen LogP contribution is 2.28. The number of thiophene rings is 1. The van der Waals surface area contributed by atoms with E-state index in [0.29, 0.717) is 6.04 Å². The summed E-state index contributed by atoms with van der Waals surface area (Å²) in [6.45, 7) is 7.25. The number of hydrogen-bond donors (Lipinski definition) is 1. The maximum atomic E-state index is 5.69. The first kappa shape index (κ1) is 15.2. The molecular formula is C17H24N2S. The van der Waals surface area contributed by atoms with Crippen molar-refractivity contribution >= 4 is 11.3 Å². The highest BCUT2D eigenvalue weighted by molar-refractivity contribution is 7.12. The summed E-state index contributed by atoms with van der Waals surface area (Å²) >= 11 is 1.90. The van der Waals surface area contributed by atoms with Crippen molar-refractivity contribution in [2.45, 2.75) is 32.9 Å². The molecule has 0 radical (unpaired) electrons. The molecule has 0 amide bonds. The van der Waals surface area contributed by atoms with Crippen LogP contribution in [-0.2, 0) is 6.54 Å². The van der Waals surface area contributed by atoms with Gasteiger partial charge in [-0.25, -0.2) is 0 Å². The average molecular weight is 288 g/mol. The number of nitrogens with two attached hydrogens (primary N) is 1. The summed E-state index contributed by atoms with van der Waals surface area (Å²) in [5, 5.41) is 0. The normalized spacial score (nSPS) is 12.8. The van der Waals surface area contributed by atoms with Gasteiger partial charge in [-0.3, -0.25) is 4.90 Å². The summed E-state index contributed by atoms with van der Waals surface area (Å²) in [5.74, 6) is 0. The second-order valence-corrected chi connectivity index (χ2v) is 6.54. The van der Waals surface area contributed by atoms with Gasteiger partial charge in [-0.1, -0.05) is 30.3 Å². The molecule has 108 valence electrons. The lowest BCUT2D eigenvalue weighted by atomic mass is 10.1. The average Bonchev–Trinajstić information content (AvgIpc) is 2.90. The lowest BCUT2D eigenvalue weighted by Crippen LogP contribution is -2.28. The quantitative estimate of drug-likeness (QED) is 0.835. The van der Waals surface area contributed by atoms with Gasteiger partial charge in [-0.05, 0) is 44.5 Å². The molecule has 2 aromatic rings.